The number of hydrogen-bond acceptors (Lipinski definition) is 3. The molecule has 0 aliphatic carbocycles. The zero-order chi connectivity index (χ0) is 18.9. The number of H-pyrrole nitrogens is 1. The second-order valence-corrected chi connectivity index (χ2v) is 8.43. The lowest BCUT2D eigenvalue weighted by atomic mass is 10.0. The summed E-state index contributed by atoms with van der Waals surface area (Å²) < 4.78 is 6.26. The van der Waals surface area contributed by atoms with Gasteiger partial charge in [-0.2, -0.15) is 0 Å². The van der Waals surface area contributed by atoms with E-state index >= 15 is 0 Å². The van der Waals surface area contributed by atoms with Crippen LogP contribution >= 0.6 is 34.2 Å². The predicted molar refractivity (Wildman–Crippen MR) is 112 cm³/mol. The quantitative estimate of drug-likeness (QED) is 0.483. The molecule has 0 bridgehead atoms. The lowest BCUT2D eigenvalue weighted by Gasteiger charge is -2.19. The van der Waals surface area contributed by atoms with Crippen molar-refractivity contribution < 1.29 is 9.53 Å². The second kappa shape index (κ2) is 7.44. The van der Waals surface area contributed by atoms with Crippen LogP contribution in [0.15, 0.2) is 36.5 Å². The number of halogens is 2. The van der Waals surface area contributed by atoms with Crippen LogP contribution in [0, 0.1) is 3.70 Å². The van der Waals surface area contributed by atoms with E-state index < -0.39 is 11.7 Å². The number of aromatic amines is 1. The van der Waals surface area contributed by atoms with Crippen molar-refractivity contribution in [2.45, 2.75) is 32.9 Å². The number of amides is 1. The van der Waals surface area contributed by atoms with Crippen LogP contribution < -0.4 is 5.32 Å². The third kappa shape index (κ3) is 4.48. The molecule has 1 amide bonds. The summed E-state index contributed by atoms with van der Waals surface area (Å²) in [5, 5.41) is 4.35. The van der Waals surface area contributed by atoms with Gasteiger partial charge in [0, 0.05) is 23.7 Å². The number of carbonyl (C=O) groups excluding carboxylic acids is 1. The molecular weight excluding hydrogens is 465 g/mol. The lowest BCUT2D eigenvalue weighted by molar-refractivity contribution is 0.0523. The van der Waals surface area contributed by atoms with Crippen molar-refractivity contribution in [1.29, 1.82) is 0 Å². The SMILES string of the molecule is CC(C)(C)OC(=O)NCc1cccc(-c2c(I)[nH]c3ncc(Cl)cc23)c1. The molecule has 7 heteroatoms. The number of nitrogens with one attached hydrogen (secondary N) is 2. The van der Waals surface area contributed by atoms with Crippen molar-refractivity contribution in [3.63, 3.8) is 0 Å². The predicted octanol–water partition coefficient (Wildman–Crippen LogP) is 5.51. The Balaban J connectivity index is 1.85. The highest BCUT2D eigenvalue weighted by Gasteiger charge is 2.16. The van der Waals surface area contributed by atoms with Gasteiger partial charge in [-0.15, -0.1) is 0 Å². The normalized spacial score (nSPS) is 11.6. The van der Waals surface area contributed by atoms with Crippen LogP contribution in [0.2, 0.25) is 5.02 Å². The van der Waals surface area contributed by atoms with Gasteiger partial charge in [-0.3, -0.25) is 0 Å². The number of nitrogens with zero attached hydrogens (tertiary/aromatic N) is 1. The van der Waals surface area contributed by atoms with Gasteiger partial charge in [0.1, 0.15) is 11.2 Å². The third-order valence-electron chi connectivity index (χ3n) is 3.62. The molecule has 136 valence electrons. The van der Waals surface area contributed by atoms with Crippen molar-refractivity contribution in [2.24, 2.45) is 0 Å². The van der Waals surface area contributed by atoms with Crippen LogP contribution in [0.5, 0.6) is 0 Å². The fourth-order valence-corrected chi connectivity index (χ4v) is 3.64. The molecule has 0 fully saturated rings. The van der Waals surface area contributed by atoms with Crippen molar-refractivity contribution in [1.82, 2.24) is 15.3 Å². The average Bonchev–Trinajstić information content (AvgIpc) is 2.87. The first-order chi connectivity index (χ1) is 12.2. The highest BCUT2D eigenvalue weighted by atomic mass is 127. The molecule has 0 saturated carbocycles. The number of hydrogen-bond donors (Lipinski definition) is 2. The smallest absolute Gasteiger partial charge is 0.407 e. The average molecular weight is 484 g/mol. The number of rotatable bonds is 3. The highest BCUT2D eigenvalue weighted by molar-refractivity contribution is 14.1. The van der Waals surface area contributed by atoms with E-state index in [1.165, 1.54) is 0 Å². The molecule has 2 N–H and O–H groups in total. The summed E-state index contributed by atoms with van der Waals surface area (Å²) in [4.78, 5) is 19.5. The van der Waals surface area contributed by atoms with Gasteiger partial charge in [-0.1, -0.05) is 29.8 Å². The van der Waals surface area contributed by atoms with Crippen LogP contribution in [0.1, 0.15) is 26.3 Å². The minimum absolute atomic E-state index is 0.390. The molecular formula is C19H19ClIN3O2. The van der Waals surface area contributed by atoms with Crippen LogP contribution in [0.25, 0.3) is 22.2 Å². The Labute approximate surface area is 170 Å². The van der Waals surface area contributed by atoms with Gasteiger partial charge in [0.2, 0.25) is 0 Å². The summed E-state index contributed by atoms with van der Waals surface area (Å²) in [7, 11) is 0. The van der Waals surface area contributed by atoms with E-state index in [9.17, 15) is 4.79 Å². The second-order valence-electron chi connectivity index (χ2n) is 6.92. The zero-order valence-corrected chi connectivity index (χ0v) is 17.6. The maximum atomic E-state index is 11.8. The third-order valence-corrected chi connectivity index (χ3v) is 4.64. The zero-order valence-electron chi connectivity index (χ0n) is 14.7. The molecule has 0 spiro atoms. The number of carbonyl (C=O) groups is 1. The highest BCUT2D eigenvalue weighted by Crippen LogP contribution is 2.34. The fourth-order valence-electron chi connectivity index (χ4n) is 2.62. The van der Waals surface area contributed by atoms with Crippen LogP contribution in [-0.2, 0) is 11.3 Å². The first-order valence-electron chi connectivity index (χ1n) is 8.12. The van der Waals surface area contributed by atoms with E-state index in [-0.39, 0.29) is 0 Å². The first-order valence-corrected chi connectivity index (χ1v) is 9.57. The monoisotopic (exact) mass is 483 g/mol. The Morgan fingerprint density at radius 2 is 2.12 bits per heavy atom. The van der Waals surface area contributed by atoms with E-state index in [1.54, 1.807) is 6.20 Å². The van der Waals surface area contributed by atoms with E-state index in [4.69, 9.17) is 16.3 Å². The summed E-state index contributed by atoms with van der Waals surface area (Å²) in [5.74, 6) is 0. The number of pyridine rings is 1. The Morgan fingerprint density at radius 1 is 1.35 bits per heavy atom. The van der Waals surface area contributed by atoms with Gasteiger partial charge >= 0.3 is 6.09 Å². The first kappa shape index (κ1) is 19.0. The van der Waals surface area contributed by atoms with Crippen molar-refractivity contribution in [3.05, 3.63) is 50.8 Å². The number of benzene rings is 1. The van der Waals surface area contributed by atoms with Crippen LogP contribution in [-0.4, -0.2) is 21.7 Å². The minimum Gasteiger partial charge on any atom is -0.444 e. The molecule has 3 rings (SSSR count). The molecule has 0 unspecified atom stereocenters. The fraction of sp³-hybridized carbons (Fsp3) is 0.263. The molecule has 5 nitrogen and oxygen atoms in total. The largest absolute Gasteiger partial charge is 0.444 e. The van der Waals surface area contributed by atoms with E-state index in [0.717, 1.165) is 31.4 Å². The number of alkyl carbamates (subject to hydrolysis) is 1. The minimum atomic E-state index is -0.516. The molecule has 1 aromatic carbocycles. The topological polar surface area (TPSA) is 67.0 Å². The van der Waals surface area contributed by atoms with Gasteiger partial charge in [-0.25, -0.2) is 9.78 Å². The number of ether oxygens (including phenoxy) is 1. The molecule has 0 radical (unpaired) electrons. The van der Waals surface area contributed by atoms with Gasteiger partial charge in [0.25, 0.3) is 0 Å². The van der Waals surface area contributed by atoms with Gasteiger partial charge in [0.15, 0.2) is 0 Å². The summed E-state index contributed by atoms with van der Waals surface area (Å²) in [6.07, 6.45) is 1.20. The van der Waals surface area contributed by atoms with E-state index in [0.29, 0.717) is 11.6 Å². The molecule has 0 aliphatic heterocycles. The molecule has 2 heterocycles. The molecule has 3 aromatic rings. The molecule has 0 saturated heterocycles. The molecule has 26 heavy (non-hydrogen) atoms. The Bertz CT molecular complexity index is 963. The maximum Gasteiger partial charge on any atom is 0.407 e. The maximum absolute atomic E-state index is 11.8. The number of fused-ring (bicyclic) bond motifs is 1. The van der Waals surface area contributed by atoms with Crippen molar-refractivity contribution in [2.75, 3.05) is 0 Å². The van der Waals surface area contributed by atoms with Crippen molar-refractivity contribution >= 4 is 51.3 Å². The van der Waals surface area contributed by atoms with E-state index in [1.807, 2.05) is 51.1 Å². The van der Waals surface area contributed by atoms with Crippen LogP contribution in [0.3, 0.4) is 0 Å². The van der Waals surface area contributed by atoms with Crippen molar-refractivity contribution in [3.8, 4) is 11.1 Å². The molecule has 0 atom stereocenters. The van der Waals surface area contributed by atoms with Gasteiger partial charge in [-0.05, 0) is 66.6 Å². The van der Waals surface area contributed by atoms with Crippen LogP contribution in [0.4, 0.5) is 4.79 Å². The summed E-state index contributed by atoms with van der Waals surface area (Å²) in [5.41, 5.74) is 3.35. The molecule has 2 aromatic heterocycles. The number of aromatic nitrogens is 2. The van der Waals surface area contributed by atoms with Gasteiger partial charge < -0.3 is 15.0 Å². The lowest BCUT2D eigenvalue weighted by Crippen LogP contribution is -2.32. The Kier molecular flexibility index (Phi) is 5.43. The molecule has 0 aliphatic rings. The summed E-state index contributed by atoms with van der Waals surface area (Å²) in [6, 6.07) is 9.91. The summed E-state index contributed by atoms with van der Waals surface area (Å²) in [6.45, 7) is 5.91. The standard InChI is InChI=1S/C19H19ClIN3O2/c1-19(2,3)26-18(25)23-9-11-5-4-6-12(7-11)15-14-8-13(20)10-22-17(14)24-16(15)21/h4-8,10H,9H2,1-3H3,(H,22,24)(H,23,25). The Morgan fingerprint density at radius 3 is 2.85 bits per heavy atom. The Hall–Kier alpha value is -1.80. The summed E-state index contributed by atoms with van der Waals surface area (Å²) >= 11 is 8.37. The van der Waals surface area contributed by atoms with E-state index in [2.05, 4.69) is 37.9 Å². The van der Waals surface area contributed by atoms with Gasteiger partial charge in [0.05, 0.1) is 8.72 Å².